The summed E-state index contributed by atoms with van der Waals surface area (Å²) in [6.07, 6.45) is 0.982. The zero-order valence-electron chi connectivity index (χ0n) is 49.5. The van der Waals surface area contributed by atoms with Crippen molar-refractivity contribution in [2.75, 3.05) is 0 Å². The Bertz CT molecular complexity index is 4410. The molecule has 3 aliphatic rings. The first-order chi connectivity index (χ1) is 36.5. The number of aromatic amines is 3. The molecule has 11 aromatic rings. The van der Waals surface area contributed by atoms with Crippen molar-refractivity contribution in [2.24, 2.45) is 16.2 Å². The monoisotopic (exact) mass is 1020 g/mol. The van der Waals surface area contributed by atoms with Gasteiger partial charge in [0, 0.05) is 65.4 Å². The molecule has 0 radical (unpaired) electrons. The summed E-state index contributed by atoms with van der Waals surface area (Å²) in [6, 6.07) is 54.6. The Morgan fingerprint density at radius 1 is 0.256 bits per heavy atom. The first kappa shape index (κ1) is 49.5. The third-order valence-corrected chi connectivity index (χ3v) is 24.6. The Labute approximate surface area is 462 Å². The molecular weight excluding hydrogens is 943 g/mol. The lowest BCUT2D eigenvalue weighted by molar-refractivity contribution is 0.0997. The van der Waals surface area contributed by atoms with Crippen LogP contribution in [0.5, 0.6) is 0 Å². The maximum Gasteiger partial charge on any atom is 0.0468 e. The standard InChI is InChI=1S/C75H79N3/c1-67(2)55-35-52-49-32-46(25-28-61(49)76-64(52)38-58(55)69(5,6)73(67,13)14)43-23-21-42(22-24-43)41-75(17)71(9,10)57-37-54-51-34-48(27-30-63(51)78-66(54)40-60(57)72(75,11)12)45-20-18-19-44(31-45)47-26-29-62-50(33-47)53-36-56-59(39-65(53)77-62)70(7,8)74(15,16)68(56,3)4/h18-40,76-78H,41H2,1-17H3. The van der Waals surface area contributed by atoms with Gasteiger partial charge in [-0.05, 0) is 206 Å². The van der Waals surface area contributed by atoms with Gasteiger partial charge in [0.1, 0.15) is 0 Å². The smallest absolute Gasteiger partial charge is 0.0468 e. The highest BCUT2D eigenvalue weighted by Crippen LogP contribution is 2.65. The molecule has 394 valence electrons. The minimum Gasteiger partial charge on any atom is -0.355 e. The third-order valence-electron chi connectivity index (χ3n) is 24.6. The second kappa shape index (κ2) is 15.1. The Hall–Kier alpha value is -6.84. The minimum atomic E-state index is -0.0941. The van der Waals surface area contributed by atoms with Gasteiger partial charge in [-0.15, -0.1) is 0 Å². The van der Waals surface area contributed by atoms with Gasteiger partial charge in [-0.2, -0.15) is 0 Å². The summed E-state index contributed by atoms with van der Waals surface area (Å²) in [7, 11) is 0. The molecule has 0 spiro atoms. The highest BCUT2D eigenvalue weighted by atomic mass is 14.7. The number of nitrogens with one attached hydrogen (secondary N) is 3. The van der Waals surface area contributed by atoms with Crippen LogP contribution in [-0.2, 0) is 38.9 Å². The van der Waals surface area contributed by atoms with Gasteiger partial charge in [-0.25, -0.2) is 0 Å². The molecule has 0 bridgehead atoms. The van der Waals surface area contributed by atoms with E-state index in [4.69, 9.17) is 0 Å². The van der Waals surface area contributed by atoms with Gasteiger partial charge in [0.15, 0.2) is 0 Å². The van der Waals surface area contributed by atoms with E-state index in [0.717, 1.165) is 6.42 Å². The lowest BCUT2D eigenvalue weighted by atomic mass is 9.55. The summed E-state index contributed by atoms with van der Waals surface area (Å²) in [6.45, 7) is 41.8. The Morgan fingerprint density at radius 2 is 0.538 bits per heavy atom. The Kier molecular flexibility index (Phi) is 9.56. The summed E-state index contributed by atoms with van der Waals surface area (Å²) < 4.78 is 0. The maximum atomic E-state index is 3.88. The topological polar surface area (TPSA) is 47.4 Å². The molecule has 0 amide bonds. The van der Waals surface area contributed by atoms with Gasteiger partial charge in [0.25, 0.3) is 0 Å². The second-order valence-electron chi connectivity index (χ2n) is 29.3. The summed E-state index contributed by atoms with van der Waals surface area (Å²) >= 11 is 0. The SMILES string of the molecule is CC1(C)c2cc3[nH]c4ccc(-c5ccc(CC6(C)C(C)(C)c7cc8[nH]c9ccc(-c%10cccc(-c%11ccc%12[nH]c%13cc%14c(cc%13c%12c%11)C(C)(C)C(C)(C)C%14(C)C)c%10)cc9c8cc7C6(C)C)cc5)cc4c3cc2C(C)(C)C1(C)C. The molecule has 3 aromatic heterocycles. The van der Waals surface area contributed by atoms with Gasteiger partial charge >= 0.3 is 0 Å². The fraction of sp³-hybridized carbons (Fsp3) is 0.360. The van der Waals surface area contributed by atoms with E-state index >= 15 is 0 Å². The van der Waals surface area contributed by atoms with Crippen LogP contribution in [0.25, 0.3) is 98.8 Å². The molecule has 1 atom stereocenters. The van der Waals surface area contributed by atoms with E-state index in [1.54, 1.807) is 0 Å². The Morgan fingerprint density at radius 3 is 0.910 bits per heavy atom. The summed E-state index contributed by atoms with van der Waals surface area (Å²) in [5, 5.41) is 7.82. The summed E-state index contributed by atoms with van der Waals surface area (Å²) in [5.74, 6) is 0. The van der Waals surface area contributed by atoms with Crippen LogP contribution in [-0.4, -0.2) is 15.0 Å². The molecule has 8 aromatic carbocycles. The second-order valence-corrected chi connectivity index (χ2v) is 29.3. The number of H-pyrrole nitrogens is 3. The molecule has 3 N–H and O–H groups in total. The molecular formula is C75H79N3. The number of hydrogen-bond acceptors (Lipinski definition) is 0. The van der Waals surface area contributed by atoms with E-state index in [9.17, 15) is 0 Å². The molecule has 0 fully saturated rings. The van der Waals surface area contributed by atoms with Gasteiger partial charge in [0.05, 0.1) is 0 Å². The maximum absolute atomic E-state index is 3.88. The van der Waals surface area contributed by atoms with E-state index in [1.807, 2.05) is 0 Å². The number of hydrogen-bond donors (Lipinski definition) is 3. The molecule has 3 nitrogen and oxygen atoms in total. The summed E-state index contributed by atoms with van der Waals surface area (Å²) in [5.41, 5.74) is 25.2. The lowest BCUT2D eigenvalue weighted by Gasteiger charge is -2.48. The molecule has 1 unspecified atom stereocenters. The van der Waals surface area contributed by atoms with Gasteiger partial charge < -0.3 is 15.0 Å². The van der Waals surface area contributed by atoms with Crippen molar-refractivity contribution in [3.63, 3.8) is 0 Å². The van der Waals surface area contributed by atoms with Gasteiger partial charge in [0.2, 0.25) is 0 Å². The average Bonchev–Trinajstić information content (AvgIpc) is 3.79. The van der Waals surface area contributed by atoms with Crippen molar-refractivity contribution in [1.82, 2.24) is 15.0 Å². The molecule has 0 saturated heterocycles. The van der Waals surface area contributed by atoms with Crippen LogP contribution >= 0.6 is 0 Å². The van der Waals surface area contributed by atoms with Crippen molar-refractivity contribution < 1.29 is 0 Å². The van der Waals surface area contributed by atoms with Crippen molar-refractivity contribution in [3.8, 4) is 33.4 Å². The largest absolute Gasteiger partial charge is 0.355 e. The molecule has 14 rings (SSSR count). The van der Waals surface area contributed by atoms with E-state index < -0.39 is 0 Å². The fourth-order valence-electron chi connectivity index (χ4n) is 16.3. The number of benzene rings is 8. The van der Waals surface area contributed by atoms with Crippen LogP contribution in [0.3, 0.4) is 0 Å². The molecule has 3 heteroatoms. The number of aromatic nitrogens is 3. The zero-order chi connectivity index (χ0) is 55.0. The fourth-order valence-corrected chi connectivity index (χ4v) is 16.3. The molecule has 78 heavy (non-hydrogen) atoms. The van der Waals surface area contributed by atoms with Crippen LogP contribution in [0.1, 0.15) is 157 Å². The first-order valence-electron chi connectivity index (χ1n) is 29.0. The van der Waals surface area contributed by atoms with Crippen LogP contribution in [0.2, 0.25) is 0 Å². The van der Waals surface area contributed by atoms with Crippen molar-refractivity contribution >= 4 is 65.4 Å². The van der Waals surface area contributed by atoms with E-state index in [0.29, 0.717) is 0 Å². The lowest BCUT2D eigenvalue weighted by Crippen LogP contribution is -2.46. The van der Waals surface area contributed by atoms with Crippen LogP contribution < -0.4 is 0 Å². The van der Waals surface area contributed by atoms with E-state index in [-0.39, 0.29) is 48.7 Å². The zero-order valence-corrected chi connectivity index (χ0v) is 49.5. The highest BCUT2D eigenvalue weighted by molar-refractivity contribution is 6.12. The quantitative estimate of drug-likeness (QED) is 0.154. The molecule has 3 heterocycles. The minimum absolute atomic E-state index is 0.0513. The van der Waals surface area contributed by atoms with E-state index in [1.165, 1.54) is 138 Å². The molecule has 0 aliphatic heterocycles. The van der Waals surface area contributed by atoms with Crippen LogP contribution in [0.4, 0.5) is 0 Å². The molecule has 0 saturated carbocycles. The molecule has 3 aliphatic carbocycles. The van der Waals surface area contributed by atoms with Crippen molar-refractivity contribution in [1.29, 1.82) is 0 Å². The normalized spacial score (nSPS) is 21.6. The summed E-state index contributed by atoms with van der Waals surface area (Å²) in [4.78, 5) is 11.5. The van der Waals surface area contributed by atoms with Gasteiger partial charge in [-0.3, -0.25) is 0 Å². The van der Waals surface area contributed by atoms with Crippen molar-refractivity contribution in [2.45, 2.75) is 157 Å². The number of fused-ring (bicyclic) bond motifs is 12. The third kappa shape index (κ3) is 6.01. The van der Waals surface area contributed by atoms with Crippen LogP contribution in [0.15, 0.2) is 140 Å². The average molecular weight is 1020 g/mol. The predicted octanol–water partition coefficient (Wildman–Crippen LogP) is 20.6. The van der Waals surface area contributed by atoms with Crippen molar-refractivity contribution in [3.05, 3.63) is 178 Å². The number of rotatable bonds is 5. The van der Waals surface area contributed by atoms with E-state index in [2.05, 4.69) is 272 Å². The highest BCUT2D eigenvalue weighted by Gasteiger charge is 2.60. The first-order valence-corrected chi connectivity index (χ1v) is 29.0. The Balaban J connectivity index is 0.762. The van der Waals surface area contributed by atoms with Gasteiger partial charge in [-0.1, -0.05) is 178 Å². The predicted molar refractivity (Wildman–Crippen MR) is 335 cm³/mol. The van der Waals surface area contributed by atoms with Crippen LogP contribution in [0, 0.1) is 16.2 Å².